The summed E-state index contributed by atoms with van der Waals surface area (Å²) >= 11 is 0. The van der Waals surface area contributed by atoms with Gasteiger partial charge in [0.25, 0.3) is 0 Å². The summed E-state index contributed by atoms with van der Waals surface area (Å²) in [6.45, 7) is 3.29. The number of alkyl halides is 1. The first-order valence-corrected chi connectivity index (χ1v) is 3.80. The van der Waals surface area contributed by atoms with Gasteiger partial charge in [0.2, 0.25) is 0 Å². The van der Waals surface area contributed by atoms with E-state index in [4.69, 9.17) is 0 Å². The van der Waals surface area contributed by atoms with Crippen LogP contribution < -0.4 is 0 Å². The summed E-state index contributed by atoms with van der Waals surface area (Å²) in [6, 6.07) is 9.89. The molecule has 0 fully saturated rings. The Morgan fingerprint density at radius 1 is 1.27 bits per heavy atom. The molecule has 0 nitrogen and oxygen atoms in total. The first-order valence-electron chi connectivity index (χ1n) is 3.80. The first-order chi connectivity index (χ1) is 5.29. The van der Waals surface area contributed by atoms with Crippen molar-refractivity contribution >= 4 is 0 Å². The van der Waals surface area contributed by atoms with Crippen LogP contribution in [0.15, 0.2) is 30.3 Å². The maximum Gasteiger partial charge on any atom is 0.101 e. The van der Waals surface area contributed by atoms with Gasteiger partial charge in [-0.25, -0.2) is 4.39 Å². The highest BCUT2D eigenvalue weighted by atomic mass is 19.1. The van der Waals surface area contributed by atoms with Crippen LogP contribution in [-0.4, -0.2) is 6.17 Å². The summed E-state index contributed by atoms with van der Waals surface area (Å²) in [5, 5.41) is 0. The van der Waals surface area contributed by atoms with Crippen molar-refractivity contribution in [3.8, 4) is 0 Å². The van der Waals surface area contributed by atoms with Crippen LogP contribution in [0.4, 0.5) is 4.39 Å². The molecule has 0 saturated heterocycles. The molecule has 0 aromatic heterocycles. The average Bonchev–Trinajstić information content (AvgIpc) is 2.03. The van der Waals surface area contributed by atoms with Crippen molar-refractivity contribution in [2.45, 2.75) is 19.0 Å². The molecule has 1 heteroatoms. The minimum Gasteiger partial charge on any atom is -0.247 e. The summed E-state index contributed by atoms with van der Waals surface area (Å²) < 4.78 is 12.3. The largest absolute Gasteiger partial charge is 0.247 e. The normalized spacial score (nSPS) is 12.9. The van der Waals surface area contributed by atoms with Gasteiger partial charge in [0.1, 0.15) is 6.17 Å². The fourth-order valence-electron chi connectivity index (χ4n) is 0.968. The Morgan fingerprint density at radius 3 is 2.45 bits per heavy atom. The zero-order valence-corrected chi connectivity index (χ0v) is 6.46. The number of hydrogen-bond acceptors (Lipinski definition) is 0. The predicted molar refractivity (Wildman–Crippen MR) is 45.0 cm³/mol. The van der Waals surface area contributed by atoms with E-state index in [1.54, 1.807) is 0 Å². The standard InChI is InChI=1S/C10H12F/c1-9(11)7-8-10-5-3-2-4-6-10/h2-6,9H,1,7-8H2. The van der Waals surface area contributed by atoms with E-state index in [0.717, 1.165) is 6.42 Å². The van der Waals surface area contributed by atoms with Crippen LogP contribution in [0.25, 0.3) is 0 Å². The molecule has 0 aliphatic heterocycles. The van der Waals surface area contributed by atoms with Gasteiger partial charge < -0.3 is 0 Å². The molecule has 0 bridgehead atoms. The molecule has 0 spiro atoms. The molecule has 0 aliphatic rings. The summed E-state index contributed by atoms with van der Waals surface area (Å²) in [5.41, 5.74) is 1.18. The van der Waals surface area contributed by atoms with Crippen molar-refractivity contribution in [3.63, 3.8) is 0 Å². The molecule has 1 aromatic rings. The lowest BCUT2D eigenvalue weighted by atomic mass is 10.1. The van der Waals surface area contributed by atoms with Crippen molar-refractivity contribution < 1.29 is 4.39 Å². The van der Waals surface area contributed by atoms with Crippen LogP contribution in [0, 0.1) is 6.92 Å². The summed E-state index contributed by atoms with van der Waals surface area (Å²) in [5.74, 6) is 0. The molecule has 59 valence electrons. The van der Waals surface area contributed by atoms with Crippen LogP contribution in [0.2, 0.25) is 0 Å². The lowest BCUT2D eigenvalue weighted by molar-refractivity contribution is 0.375. The van der Waals surface area contributed by atoms with E-state index in [1.807, 2.05) is 30.3 Å². The van der Waals surface area contributed by atoms with Gasteiger partial charge in [0, 0.05) is 0 Å². The Morgan fingerprint density at radius 2 is 1.91 bits per heavy atom. The highest BCUT2D eigenvalue weighted by molar-refractivity contribution is 5.14. The molecule has 1 radical (unpaired) electrons. The first kappa shape index (κ1) is 8.25. The zero-order valence-electron chi connectivity index (χ0n) is 6.46. The topological polar surface area (TPSA) is 0 Å². The predicted octanol–water partition coefficient (Wildman–Crippen LogP) is 2.79. The number of rotatable bonds is 3. The highest BCUT2D eigenvalue weighted by Crippen LogP contribution is 2.05. The van der Waals surface area contributed by atoms with E-state index >= 15 is 0 Å². The van der Waals surface area contributed by atoms with E-state index in [1.165, 1.54) is 5.56 Å². The highest BCUT2D eigenvalue weighted by Gasteiger charge is 1.97. The lowest BCUT2D eigenvalue weighted by Gasteiger charge is -2.00. The van der Waals surface area contributed by atoms with Gasteiger partial charge in [0.15, 0.2) is 0 Å². The van der Waals surface area contributed by atoms with E-state index < -0.39 is 6.17 Å². The molecule has 1 atom stereocenters. The smallest absolute Gasteiger partial charge is 0.101 e. The van der Waals surface area contributed by atoms with Crippen LogP contribution in [0.1, 0.15) is 12.0 Å². The van der Waals surface area contributed by atoms with Crippen molar-refractivity contribution in [3.05, 3.63) is 42.8 Å². The van der Waals surface area contributed by atoms with Gasteiger partial charge in [-0.3, -0.25) is 0 Å². The lowest BCUT2D eigenvalue weighted by Crippen LogP contribution is -1.95. The van der Waals surface area contributed by atoms with Gasteiger partial charge >= 0.3 is 0 Å². The molecular weight excluding hydrogens is 139 g/mol. The minimum absolute atomic E-state index is 0.518. The van der Waals surface area contributed by atoms with Gasteiger partial charge in [0.05, 0.1) is 0 Å². The van der Waals surface area contributed by atoms with Crippen molar-refractivity contribution in [1.29, 1.82) is 0 Å². The minimum atomic E-state index is -0.935. The van der Waals surface area contributed by atoms with Gasteiger partial charge in [-0.2, -0.15) is 0 Å². The molecule has 11 heavy (non-hydrogen) atoms. The van der Waals surface area contributed by atoms with Crippen LogP contribution in [0.3, 0.4) is 0 Å². The third kappa shape index (κ3) is 3.17. The number of halogens is 1. The van der Waals surface area contributed by atoms with E-state index in [2.05, 4.69) is 6.92 Å². The zero-order chi connectivity index (χ0) is 8.10. The van der Waals surface area contributed by atoms with Crippen molar-refractivity contribution in [2.75, 3.05) is 0 Å². The second-order valence-electron chi connectivity index (χ2n) is 2.62. The molecule has 1 unspecified atom stereocenters. The van der Waals surface area contributed by atoms with Crippen LogP contribution in [0.5, 0.6) is 0 Å². The number of aryl methyl sites for hydroxylation is 1. The van der Waals surface area contributed by atoms with E-state index in [-0.39, 0.29) is 0 Å². The SMILES string of the molecule is [CH2]C(F)CCc1ccccc1. The van der Waals surface area contributed by atoms with E-state index in [9.17, 15) is 4.39 Å². The third-order valence-corrected chi connectivity index (χ3v) is 1.59. The van der Waals surface area contributed by atoms with Crippen LogP contribution in [-0.2, 0) is 6.42 Å². The third-order valence-electron chi connectivity index (χ3n) is 1.59. The monoisotopic (exact) mass is 151 g/mol. The fraction of sp³-hybridized carbons (Fsp3) is 0.300. The molecule has 1 aromatic carbocycles. The van der Waals surface area contributed by atoms with E-state index in [0.29, 0.717) is 6.42 Å². The molecule has 0 saturated carbocycles. The Kier molecular flexibility index (Phi) is 3.09. The Hall–Kier alpha value is -0.850. The summed E-state index contributed by atoms with van der Waals surface area (Å²) in [4.78, 5) is 0. The summed E-state index contributed by atoms with van der Waals surface area (Å²) in [6.07, 6.45) is 0.366. The molecule has 1 rings (SSSR count). The fourth-order valence-corrected chi connectivity index (χ4v) is 0.968. The molecular formula is C10H12F. The maximum atomic E-state index is 12.3. The number of hydrogen-bond donors (Lipinski definition) is 0. The van der Waals surface area contributed by atoms with Gasteiger partial charge in [-0.05, 0) is 25.3 Å². The Bertz CT molecular complexity index is 191. The maximum absolute atomic E-state index is 12.3. The Balaban J connectivity index is 2.39. The molecule has 0 heterocycles. The Labute approximate surface area is 67.1 Å². The van der Waals surface area contributed by atoms with Crippen LogP contribution >= 0.6 is 0 Å². The van der Waals surface area contributed by atoms with Gasteiger partial charge in [-0.1, -0.05) is 30.3 Å². The quantitative estimate of drug-likeness (QED) is 0.623. The molecule has 0 amide bonds. The average molecular weight is 151 g/mol. The number of benzene rings is 1. The molecule has 0 aliphatic carbocycles. The van der Waals surface area contributed by atoms with Gasteiger partial charge in [-0.15, -0.1) is 0 Å². The van der Waals surface area contributed by atoms with Crippen molar-refractivity contribution in [2.24, 2.45) is 0 Å². The van der Waals surface area contributed by atoms with Crippen molar-refractivity contribution in [1.82, 2.24) is 0 Å². The molecule has 0 N–H and O–H groups in total. The second-order valence-corrected chi connectivity index (χ2v) is 2.62. The summed E-state index contributed by atoms with van der Waals surface area (Å²) in [7, 11) is 0. The second kappa shape index (κ2) is 4.12.